The zero-order valence-corrected chi connectivity index (χ0v) is 15.7. The number of ether oxygens (including phenoxy) is 1. The number of tetrazole rings is 1. The zero-order chi connectivity index (χ0) is 19.9. The van der Waals surface area contributed by atoms with Gasteiger partial charge in [-0.05, 0) is 51.2 Å². The summed E-state index contributed by atoms with van der Waals surface area (Å²) in [4.78, 5) is 10.2. The number of H-pyrrole nitrogens is 1. The minimum atomic E-state index is 0.407. The first kappa shape index (κ1) is 18.6. The van der Waals surface area contributed by atoms with Gasteiger partial charge in [0.05, 0.1) is 6.61 Å². The Bertz CT molecular complexity index is 1040. The van der Waals surface area contributed by atoms with Crippen molar-refractivity contribution in [2.24, 2.45) is 0 Å². The molecule has 1 aromatic heterocycles. The Morgan fingerprint density at radius 3 is 1.76 bits per heavy atom. The maximum atomic E-state index is 10.2. The average Bonchev–Trinajstić information content (AvgIpc) is 3.33. The first-order chi connectivity index (χ1) is 14.3. The SMILES string of the molecule is O=[C]CCCOc1ccc(-c2ccc(-c3ccc(-c4nnn[nH]4)cc3)cc2)cc1. The molecule has 4 rings (SSSR count). The molecule has 143 valence electrons. The molecule has 0 saturated carbocycles. The molecule has 0 aliphatic carbocycles. The zero-order valence-electron chi connectivity index (χ0n) is 15.7. The van der Waals surface area contributed by atoms with E-state index in [9.17, 15) is 4.79 Å². The molecule has 3 aromatic carbocycles. The molecule has 0 fully saturated rings. The van der Waals surface area contributed by atoms with Gasteiger partial charge in [-0.15, -0.1) is 5.10 Å². The molecule has 0 atom stereocenters. The second kappa shape index (κ2) is 8.93. The number of hydrogen-bond donors (Lipinski definition) is 1. The van der Waals surface area contributed by atoms with Gasteiger partial charge >= 0.3 is 0 Å². The van der Waals surface area contributed by atoms with Crippen LogP contribution < -0.4 is 4.74 Å². The quantitative estimate of drug-likeness (QED) is 0.454. The van der Waals surface area contributed by atoms with Gasteiger partial charge in [-0.25, -0.2) is 5.10 Å². The number of rotatable bonds is 8. The number of benzene rings is 3. The molecule has 0 aliphatic heterocycles. The minimum absolute atomic E-state index is 0.407. The smallest absolute Gasteiger partial charge is 0.198 e. The van der Waals surface area contributed by atoms with Crippen LogP contribution in [0.5, 0.6) is 5.75 Å². The van der Waals surface area contributed by atoms with Crippen LogP contribution >= 0.6 is 0 Å². The van der Waals surface area contributed by atoms with Crippen molar-refractivity contribution >= 4 is 6.29 Å². The summed E-state index contributed by atoms with van der Waals surface area (Å²) in [5.74, 6) is 1.46. The topological polar surface area (TPSA) is 80.8 Å². The largest absolute Gasteiger partial charge is 0.494 e. The summed E-state index contributed by atoms with van der Waals surface area (Å²) >= 11 is 0. The molecule has 1 radical (unpaired) electrons. The standard InChI is InChI=1S/C23H19N4O2/c28-15-1-2-16-29-22-13-11-20(12-14-22)18-5-3-17(4-6-18)19-7-9-21(10-8-19)23-24-26-27-25-23/h3-14H,1-2,16H2,(H,24,25,26,27). The van der Waals surface area contributed by atoms with Crippen molar-refractivity contribution in [2.75, 3.05) is 6.61 Å². The van der Waals surface area contributed by atoms with Gasteiger partial charge in [0.15, 0.2) is 12.1 Å². The Balaban J connectivity index is 1.43. The highest BCUT2D eigenvalue weighted by Gasteiger charge is 2.04. The Labute approximate surface area is 168 Å². The molecule has 1 heterocycles. The molecule has 0 bridgehead atoms. The molecule has 0 aliphatic rings. The molecule has 6 heteroatoms. The van der Waals surface area contributed by atoms with Crippen LogP contribution in [0.25, 0.3) is 33.6 Å². The third kappa shape index (κ3) is 4.55. The van der Waals surface area contributed by atoms with E-state index >= 15 is 0 Å². The Kier molecular flexibility index (Phi) is 5.71. The van der Waals surface area contributed by atoms with Crippen LogP contribution in [0.2, 0.25) is 0 Å². The number of aromatic nitrogens is 4. The molecule has 6 nitrogen and oxygen atoms in total. The lowest BCUT2D eigenvalue weighted by atomic mass is 9.99. The van der Waals surface area contributed by atoms with Crippen LogP contribution in [0.15, 0.2) is 72.8 Å². The van der Waals surface area contributed by atoms with Crippen molar-refractivity contribution in [3.8, 4) is 39.4 Å². The molecular formula is C23H19N4O2. The van der Waals surface area contributed by atoms with Crippen LogP contribution in [-0.2, 0) is 4.79 Å². The summed E-state index contributed by atoms with van der Waals surface area (Å²) in [6.07, 6.45) is 2.96. The lowest BCUT2D eigenvalue weighted by Gasteiger charge is -2.08. The third-order valence-electron chi connectivity index (χ3n) is 4.60. The van der Waals surface area contributed by atoms with E-state index in [1.54, 1.807) is 0 Å². The molecule has 0 spiro atoms. The van der Waals surface area contributed by atoms with Crippen molar-refractivity contribution in [1.29, 1.82) is 0 Å². The van der Waals surface area contributed by atoms with Gasteiger partial charge in [-0.2, -0.15) is 0 Å². The molecule has 4 aromatic rings. The summed E-state index contributed by atoms with van der Waals surface area (Å²) in [5.41, 5.74) is 5.48. The van der Waals surface area contributed by atoms with Crippen LogP contribution in [-0.4, -0.2) is 33.5 Å². The van der Waals surface area contributed by atoms with Gasteiger partial charge in [0.25, 0.3) is 0 Å². The fourth-order valence-electron chi connectivity index (χ4n) is 3.04. The first-order valence-corrected chi connectivity index (χ1v) is 9.36. The fourth-order valence-corrected chi connectivity index (χ4v) is 3.04. The van der Waals surface area contributed by atoms with Crippen molar-refractivity contribution in [3.05, 3.63) is 72.8 Å². The average molecular weight is 383 g/mol. The first-order valence-electron chi connectivity index (χ1n) is 9.36. The number of carbonyl (C=O) groups excluding carboxylic acids is 1. The molecule has 0 amide bonds. The van der Waals surface area contributed by atoms with Gasteiger partial charge in [0.1, 0.15) is 5.75 Å². The van der Waals surface area contributed by atoms with E-state index in [0.29, 0.717) is 25.3 Å². The third-order valence-corrected chi connectivity index (χ3v) is 4.60. The molecule has 29 heavy (non-hydrogen) atoms. The minimum Gasteiger partial charge on any atom is -0.494 e. The highest BCUT2D eigenvalue weighted by Crippen LogP contribution is 2.27. The van der Waals surface area contributed by atoms with Crippen LogP contribution in [0.1, 0.15) is 12.8 Å². The highest BCUT2D eigenvalue weighted by molar-refractivity contribution is 5.72. The van der Waals surface area contributed by atoms with Crippen LogP contribution in [0.4, 0.5) is 0 Å². The van der Waals surface area contributed by atoms with E-state index < -0.39 is 0 Å². The van der Waals surface area contributed by atoms with Crippen molar-refractivity contribution in [3.63, 3.8) is 0 Å². The summed E-state index contributed by atoms with van der Waals surface area (Å²) < 4.78 is 5.62. The molecule has 0 saturated heterocycles. The predicted octanol–water partition coefficient (Wildman–Crippen LogP) is 4.47. The number of aromatic amines is 1. The van der Waals surface area contributed by atoms with E-state index in [1.165, 1.54) is 0 Å². The molecule has 1 N–H and O–H groups in total. The Morgan fingerprint density at radius 1 is 0.759 bits per heavy atom. The number of nitrogens with zero attached hydrogens (tertiary/aromatic N) is 3. The molecule has 0 unspecified atom stereocenters. The number of nitrogens with one attached hydrogen (secondary N) is 1. The summed E-state index contributed by atoms with van der Waals surface area (Å²) in [6, 6.07) is 24.5. The van der Waals surface area contributed by atoms with Crippen molar-refractivity contribution < 1.29 is 9.53 Å². The highest BCUT2D eigenvalue weighted by atomic mass is 16.5. The summed E-state index contributed by atoms with van der Waals surface area (Å²) in [5, 5.41) is 13.9. The van der Waals surface area contributed by atoms with Crippen LogP contribution in [0, 0.1) is 0 Å². The Morgan fingerprint density at radius 2 is 1.28 bits per heavy atom. The van der Waals surface area contributed by atoms with Gasteiger partial charge in [0.2, 0.25) is 0 Å². The van der Waals surface area contributed by atoms with E-state index in [2.05, 4.69) is 57.0 Å². The van der Waals surface area contributed by atoms with Crippen LogP contribution in [0.3, 0.4) is 0 Å². The van der Waals surface area contributed by atoms with E-state index in [1.807, 2.05) is 42.7 Å². The van der Waals surface area contributed by atoms with Gasteiger partial charge < -0.3 is 4.74 Å². The summed E-state index contributed by atoms with van der Waals surface area (Å²) in [6.45, 7) is 0.523. The van der Waals surface area contributed by atoms with Gasteiger partial charge in [0, 0.05) is 12.0 Å². The molecular weight excluding hydrogens is 364 g/mol. The Hall–Kier alpha value is -3.80. The lowest BCUT2D eigenvalue weighted by Crippen LogP contribution is -1.97. The predicted molar refractivity (Wildman–Crippen MR) is 111 cm³/mol. The summed E-state index contributed by atoms with van der Waals surface area (Å²) in [7, 11) is 0. The second-order valence-electron chi connectivity index (χ2n) is 6.53. The number of unbranched alkanes of at least 4 members (excludes halogenated alkanes) is 1. The maximum absolute atomic E-state index is 10.2. The fraction of sp³-hybridized carbons (Fsp3) is 0.130. The van der Waals surface area contributed by atoms with Gasteiger partial charge in [-0.1, -0.05) is 60.7 Å². The number of hydrogen-bond acceptors (Lipinski definition) is 5. The monoisotopic (exact) mass is 383 g/mol. The lowest BCUT2D eigenvalue weighted by molar-refractivity contribution is 0.313. The normalized spacial score (nSPS) is 10.6. The van der Waals surface area contributed by atoms with E-state index in [4.69, 9.17) is 4.74 Å². The van der Waals surface area contributed by atoms with Gasteiger partial charge in [-0.3, -0.25) is 4.79 Å². The van der Waals surface area contributed by atoms with E-state index in [-0.39, 0.29) is 0 Å². The van der Waals surface area contributed by atoms with Crippen molar-refractivity contribution in [1.82, 2.24) is 20.6 Å². The van der Waals surface area contributed by atoms with Crippen molar-refractivity contribution in [2.45, 2.75) is 12.8 Å². The second-order valence-corrected chi connectivity index (χ2v) is 6.53. The van der Waals surface area contributed by atoms with E-state index in [0.717, 1.165) is 33.6 Å². The maximum Gasteiger partial charge on any atom is 0.198 e.